The van der Waals surface area contributed by atoms with Crippen LogP contribution in [0.1, 0.15) is 0 Å². The van der Waals surface area contributed by atoms with Crippen molar-refractivity contribution in [2.75, 3.05) is 0 Å². The summed E-state index contributed by atoms with van der Waals surface area (Å²) in [6.07, 6.45) is 0. The van der Waals surface area contributed by atoms with E-state index in [2.05, 4.69) is 0 Å². The Bertz CT molecular complexity index is 960. The van der Waals surface area contributed by atoms with Crippen LogP contribution in [-0.2, 0) is 0 Å². The molecule has 0 spiro atoms. The highest BCUT2D eigenvalue weighted by molar-refractivity contribution is 5.99. The molecule has 2 heteroatoms. The number of pyridine rings is 1. The second-order valence-electron chi connectivity index (χ2n) is 5.07. The van der Waals surface area contributed by atoms with Gasteiger partial charge >= 0.3 is 0 Å². The number of aromatic nitrogens is 1. The van der Waals surface area contributed by atoms with Gasteiger partial charge in [-0.2, -0.15) is 0 Å². The van der Waals surface area contributed by atoms with Crippen molar-refractivity contribution in [2.24, 2.45) is 0 Å². The van der Waals surface area contributed by atoms with E-state index in [0.29, 0.717) is 0 Å². The highest BCUT2D eigenvalue weighted by Gasteiger charge is 2.10. The number of aromatic hydroxyl groups is 1. The van der Waals surface area contributed by atoms with Crippen molar-refractivity contribution in [3.05, 3.63) is 72.8 Å². The number of nitrogens with zero attached hydrogens (tertiary/aromatic N) is 1. The highest BCUT2D eigenvalue weighted by Crippen LogP contribution is 2.35. The maximum Gasteiger partial charge on any atom is 0.125 e. The Balaban J connectivity index is 2.05. The molecule has 100 valence electrons. The molecule has 1 N–H and O–H groups in total. The van der Waals surface area contributed by atoms with Crippen LogP contribution in [0.4, 0.5) is 0 Å². The van der Waals surface area contributed by atoms with Crippen molar-refractivity contribution in [3.63, 3.8) is 0 Å². The van der Waals surface area contributed by atoms with E-state index in [1.54, 1.807) is 6.07 Å². The Morgan fingerprint density at radius 1 is 0.667 bits per heavy atom. The molecule has 0 unspecified atom stereocenters. The number of hydrogen-bond donors (Lipinski definition) is 1. The molecule has 4 aromatic rings. The van der Waals surface area contributed by atoms with Crippen molar-refractivity contribution < 1.29 is 5.11 Å². The van der Waals surface area contributed by atoms with E-state index in [1.165, 1.54) is 0 Å². The van der Waals surface area contributed by atoms with Crippen molar-refractivity contribution in [3.8, 4) is 17.0 Å². The molecular weight excluding hydrogens is 258 g/mol. The van der Waals surface area contributed by atoms with Gasteiger partial charge < -0.3 is 5.11 Å². The molecule has 3 aromatic carbocycles. The van der Waals surface area contributed by atoms with Crippen LogP contribution in [0.2, 0.25) is 0 Å². The second-order valence-corrected chi connectivity index (χ2v) is 5.07. The van der Waals surface area contributed by atoms with E-state index >= 15 is 0 Å². The standard InChI is InChI=1S/C19H13NO/c21-18-12-10-13-5-1-3-7-15(13)19(18)17-11-9-14-6-2-4-8-16(14)20-17/h1-12,21H. The van der Waals surface area contributed by atoms with E-state index < -0.39 is 0 Å². The SMILES string of the molecule is Oc1ccc2ccccc2c1-c1ccc2ccccc2n1. The molecule has 0 atom stereocenters. The van der Waals surface area contributed by atoms with Gasteiger partial charge in [-0.3, -0.25) is 0 Å². The first-order chi connectivity index (χ1) is 10.3. The number of phenols is 1. The summed E-state index contributed by atoms with van der Waals surface area (Å²) in [5.74, 6) is 0.261. The Labute approximate surface area is 122 Å². The normalized spacial score (nSPS) is 11.0. The summed E-state index contributed by atoms with van der Waals surface area (Å²) in [7, 11) is 0. The molecule has 2 nitrogen and oxygen atoms in total. The first-order valence-corrected chi connectivity index (χ1v) is 6.90. The summed E-state index contributed by atoms with van der Waals surface area (Å²) in [6.45, 7) is 0. The Morgan fingerprint density at radius 2 is 1.38 bits per heavy atom. The van der Waals surface area contributed by atoms with Crippen molar-refractivity contribution >= 4 is 21.7 Å². The Morgan fingerprint density at radius 3 is 2.29 bits per heavy atom. The molecule has 1 aromatic heterocycles. The predicted molar refractivity (Wildman–Crippen MR) is 86.3 cm³/mol. The molecule has 0 aliphatic rings. The third kappa shape index (κ3) is 1.93. The number of phenolic OH excluding ortho intramolecular Hbond substituents is 1. The number of rotatable bonds is 1. The maximum atomic E-state index is 10.3. The Hall–Kier alpha value is -2.87. The fourth-order valence-electron chi connectivity index (χ4n) is 2.73. The number of para-hydroxylation sites is 1. The van der Waals surface area contributed by atoms with E-state index in [4.69, 9.17) is 4.98 Å². The third-order valence-electron chi connectivity index (χ3n) is 3.76. The van der Waals surface area contributed by atoms with Gasteiger partial charge in [0, 0.05) is 10.9 Å². The monoisotopic (exact) mass is 271 g/mol. The minimum absolute atomic E-state index is 0.261. The Kier molecular flexibility index (Phi) is 2.61. The van der Waals surface area contributed by atoms with Crippen LogP contribution in [0.5, 0.6) is 5.75 Å². The topological polar surface area (TPSA) is 33.1 Å². The van der Waals surface area contributed by atoms with Crippen molar-refractivity contribution in [1.82, 2.24) is 4.98 Å². The maximum absolute atomic E-state index is 10.3. The smallest absolute Gasteiger partial charge is 0.125 e. The molecule has 0 saturated carbocycles. The van der Waals surface area contributed by atoms with Crippen LogP contribution < -0.4 is 0 Å². The van der Waals surface area contributed by atoms with Crippen LogP contribution in [0.25, 0.3) is 32.9 Å². The third-order valence-corrected chi connectivity index (χ3v) is 3.76. The lowest BCUT2D eigenvalue weighted by atomic mass is 10.00. The van der Waals surface area contributed by atoms with E-state index in [9.17, 15) is 5.11 Å². The first kappa shape index (κ1) is 11.9. The van der Waals surface area contributed by atoms with Crippen LogP contribution in [0.3, 0.4) is 0 Å². The van der Waals surface area contributed by atoms with Gasteiger partial charge in [-0.05, 0) is 29.0 Å². The lowest BCUT2D eigenvalue weighted by Gasteiger charge is -2.09. The summed E-state index contributed by atoms with van der Waals surface area (Å²) in [5.41, 5.74) is 2.52. The van der Waals surface area contributed by atoms with Gasteiger partial charge in [-0.15, -0.1) is 0 Å². The summed E-state index contributed by atoms with van der Waals surface area (Å²) in [5, 5.41) is 13.5. The first-order valence-electron chi connectivity index (χ1n) is 6.90. The van der Waals surface area contributed by atoms with Crippen LogP contribution in [0, 0.1) is 0 Å². The zero-order valence-corrected chi connectivity index (χ0v) is 11.3. The van der Waals surface area contributed by atoms with Crippen molar-refractivity contribution in [1.29, 1.82) is 0 Å². The van der Waals surface area contributed by atoms with Gasteiger partial charge in [0.15, 0.2) is 0 Å². The molecule has 0 aliphatic carbocycles. The van der Waals surface area contributed by atoms with Crippen molar-refractivity contribution in [2.45, 2.75) is 0 Å². The number of fused-ring (bicyclic) bond motifs is 2. The van der Waals surface area contributed by atoms with Gasteiger partial charge in [0.25, 0.3) is 0 Å². The van der Waals surface area contributed by atoms with E-state index in [0.717, 1.165) is 32.9 Å². The van der Waals surface area contributed by atoms with Gasteiger partial charge in [-0.1, -0.05) is 54.6 Å². The quantitative estimate of drug-likeness (QED) is 0.541. The molecule has 0 bridgehead atoms. The molecule has 0 aliphatic heterocycles. The van der Waals surface area contributed by atoms with Crippen LogP contribution in [0.15, 0.2) is 72.8 Å². The molecular formula is C19H13NO. The fourth-order valence-corrected chi connectivity index (χ4v) is 2.73. The average Bonchev–Trinajstić information content (AvgIpc) is 2.54. The lowest BCUT2D eigenvalue weighted by molar-refractivity contribution is 0.478. The number of hydrogen-bond acceptors (Lipinski definition) is 2. The molecule has 4 rings (SSSR count). The average molecular weight is 271 g/mol. The van der Waals surface area contributed by atoms with E-state index in [1.807, 2.05) is 66.7 Å². The zero-order chi connectivity index (χ0) is 14.2. The molecule has 1 heterocycles. The van der Waals surface area contributed by atoms with E-state index in [-0.39, 0.29) is 5.75 Å². The lowest BCUT2D eigenvalue weighted by Crippen LogP contribution is -1.87. The minimum Gasteiger partial charge on any atom is -0.507 e. The fraction of sp³-hybridized carbons (Fsp3) is 0. The van der Waals surface area contributed by atoms with Gasteiger partial charge in [0.05, 0.1) is 11.2 Å². The van der Waals surface area contributed by atoms with Gasteiger partial charge in [0.1, 0.15) is 5.75 Å². The molecule has 0 amide bonds. The highest BCUT2D eigenvalue weighted by atomic mass is 16.3. The zero-order valence-electron chi connectivity index (χ0n) is 11.3. The molecule has 21 heavy (non-hydrogen) atoms. The number of benzene rings is 3. The summed E-state index contributed by atoms with van der Waals surface area (Å²) in [4.78, 5) is 4.70. The minimum atomic E-state index is 0.261. The largest absolute Gasteiger partial charge is 0.507 e. The molecule has 0 saturated heterocycles. The second kappa shape index (κ2) is 4.60. The van der Waals surface area contributed by atoms with Gasteiger partial charge in [-0.25, -0.2) is 4.98 Å². The van der Waals surface area contributed by atoms with Gasteiger partial charge in [0.2, 0.25) is 0 Å². The predicted octanol–water partition coefficient (Wildman–Crippen LogP) is 4.76. The van der Waals surface area contributed by atoms with Crippen LogP contribution in [-0.4, -0.2) is 10.1 Å². The summed E-state index contributed by atoms with van der Waals surface area (Å²) >= 11 is 0. The van der Waals surface area contributed by atoms with Crippen LogP contribution >= 0.6 is 0 Å². The summed E-state index contributed by atoms with van der Waals surface area (Å²) < 4.78 is 0. The molecule has 0 radical (unpaired) electrons. The molecule has 0 fully saturated rings. The summed E-state index contributed by atoms with van der Waals surface area (Å²) in [6, 6.07) is 23.7.